The van der Waals surface area contributed by atoms with Crippen LogP contribution >= 0.6 is 0 Å². The largest absolute Gasteiger partial charge is 0.264 e. The van der Waals surface area contributed by atoms with Gasteiger partial charge in [-0.2, -0.15) is 0 Å². The summed E-state index contributed by atoms with van der Waals surface area (Å²) in [5.74, 6) is 0. The Labute approximate surface area is 235 Å². The lowest BCUT2D eigenvalue weighted by atomic mass is 9.62. The fourth-order valence-electron chi connectivity index (χ4n) is 7.29. The standard InChI is InChI=1S/C38H30N2/c1-37(2)31-15-16-32-36-30(28-12-10-24(20-34(28)38(32,3)4)26-8-6-18-40-22-26)14-13-29(35(31)36)27-11-9-23(19-33(27)37)25-7-5-17-39-21-25/h5-22H,1-4H3. The molecule has 2 nitrogen and oxygen atoms in total. The molecule has 0 saturated heterocycles. The van der Waals surface area contributed by atoms with Gasteiger partial charge in [0.2, 0.25) is 0 Å². The van der Waals surface area contributed by atoms with Crippen molar-refractivity contribution in [2.75, 3.05) is 0 Å². The SMILES string of the molecule is CC1(C)c2cc(-c3cccnc3)ccc2-c2ccc3c4c(ccc1c24)C(C)(C)c1cc(-c2cccnc2)ccc1-3. The Morgan fingerprint density at radius 3 is 1.25 bits per heavy atom. The van der Waals surface area contributed by atoms with E-state index in [2.05, 4.69) is 110 Å². The molecule has 0 bridgehead atoms. The first kappa shape index (κ1) is 23.3. The van der Waals surface area contributed by atoms with Crippen molar-refractivity contribution in [3.63, 3.8) is 0 Å². The van der Waals surface area contributed by atoms with Crippen molar-refractivity contribution in [3.05, 3.63) is 132 Å². The second-order valence-corrected chi connectivity index (χ2v) is 12.3. The van der Waals surface area contributed by atoms with Crippen molar-refractivity contribution < 1.29 is 0 Å². The molecule has 0 N–H and O–H groups in total. The third kappa shape index (κ3) is 3.05. The van der Waals surface area contributed by atoms with Gasteiger partial charge < -0.3 is 0 Å². The maximum atomic E-state index is 4.36. The maximum Gasteiger partial charge on any atom is 0.0346 e. The molecule has 0 aliphatic heterocycles. The molecular weight excluding hydrogens is 484 g/mol. The molecule has 2 heteroatoms. The third-order valence-corrected chi connectivity index (χ3v) is 9.46. The smallest absolute Gasteiger partial charge is 0.0346 e. The molecule has 2 aromatic heterocycles. The molecule has 2 heterocycles. The minimum Gasteiger partial charge on any atom is -0.264 e. The van der Waals surface area contributed by atoms with Crippen molar-refractivity contribution in [2.45, 2.75) is 38.5 Å². The highest BCUT2D eigenvalue weighted by molar-refractivity contribution is 6.13. The van der Waals surface area contributed by atoms with Gasteiger partial charge >= 0.3 is 0 Å². The number of nitrogens with zero attached hydrogens (tertiary/aromatic N) is 2. The van der Waals surface area contributed by atoms with Gasteiger partial charge in [-0.3, -0.25) is 9.97 Å². The van der Waals surface area contributed by atoms with Gasteiger partial charge in [0.15, 0.2) is 0 Å². The summed E-state index contributed by atoms with van der Waals surface area (Å²) in [5.41, 5.74) is 15.4. The molecule has 0 radical (unpaired) electrons. The normalized spacial score (nSPS) is 15.4. The fraction of sp³-hybridized carbons (Fsp3) is 0.158. The summed E-state index contributed by atoms with van der Waals surface area (Å²) in [6.45, 7) is 9.53. The van der Waals surface area contributed by atoms with E-state index in [9.17, 15) is 0 Å². The Bertz CT molecular complexity index is 1840. The first-order valence-corrected chi connectivity index (χ1v) is 14.1. The van der Waals surface area contributed by atoms with Crippen molar-refractivity contribution in [3.8, 4) is 44.5 Å². The van der Waals surface area contributed by atoms with E-state index in [0.717, 1.165) is 11.1 Å². The predicted molar refractivity (Wildman–Crippen MR) is 166 cm³/mol. The summed E-state index contributed by atoms with van der Waals surface area (Å²) in [5, 5.41) is 2.83. The van der Waals surface area contributed by atoms with Crippen LogP contribution in [0.5, 0.6) is 0 Å². The highest BCUT2D eigenvalue weighted by atomic mass is 14.6. The molecule has 2 aliphatic rings. The van der Waals surface area contributed by atoms with Crippen molar-refractivity contribution in [2.24, 2.45) is 0 Å². The number of fused-ring (bicyclic) bond motifs is 4. The summed E-state index contributed by atoms with van der Waals surface area (Å²) in [4.78, 5) is 8.73. The molecule has 0 amide bonds. The van der Waals surface area contributed by atoms with Crippen LogP contribution < -0.4 is 0 Å². The minimum atomic E-state index is -0.133. The van der Waals surface area contributed by atoms with Gasteiger partial charge in [0.1, 0.15) is 0 Å². The number of hydrogen-bond acceptors (Lipinski definition) is 2. The van der Waals surface area contributed by atoms with E-state index in [1.165, 1.54) is 66.4 Å². The summed E-state index contributed by atoms with van der Waals surface area (Å²) < 4.78 is 0. The molecule has 0 spiro atoms. The summed E-state index contributed by atoms with van der Waals surface area (Å²) in [6, 6.07) is 31.8. The van der Waals surface area contributed by atoms with E-state index in [-0.39, 0.29) is 10.8 Å². The molecule has 8 rings (SSSR count). The van der Waals surface area contributed by atoms with E-state index in [1.807, 2.05) is 36.9 Å². The quantitative estimate of drug-likeness (QED) is 0.230. The minimum absolute atomic E-state index is 0.133. The topological polar surface area (TPSA) is 25.8 Å². The molecular formula is C38H30N2. The van der Waals surface area contributed by atoms with E-state index < -0.39 is 0 Å². The van der Waals surface area contributed by atoms with Gasteiger partial charge in [0, 0.05) is 35.6 Å². The molecule has 0 unspecified atom stereocenters. The monoisotopic (exact) mass is 514 g/mol. The summed E-state index contributed by atoms with van der Waals surface area (Å²) in [7, 11) is 0. The number of benzene rings is 4. The number of pyridine rings is 2. The van der Waals surface area contributed by atoms with Crippen LogP contribution in [-0.4, -0.2) is 9.97 Å². The van der Waals surface area contributed by atoms with Crippen LogP contribution in [0.25, 0.3) is 55.3 Å². The van der Waals surface area contributed by atoms with Crippen LogP contribution in [0.3, 0.4) is 0 Å². The Hall–Kier alpha value is -4.56. The Morgan fingerprint density at radius 2 is 0.850 bits per heavy atom. The van der Waals surface area contributed by atoms with Crippen LogP contribution in [0, 0.1) is 0 Å². The van der Waals surface area contributed by atoms with Gasteiger partial charge in [-0.05, 0) is 102 Å². The van der Waals surface area contributed by atoms with Gasteiger partial charge in [0.05, 0.1) is 0 Å². The van der Waals surface area contributed by atoms with Crippen LogP contribution in [0.1, 0.15) is 49.9 Å². The lowest BCUT2D eigenvalue weighted by Gasteiger charge is -2.40. The highest BCUT2D eigenvalue weighted by Gasteiger charge is 2.39. The zero-order chi connectivity index (χ0) is 27.2. The number of aromatic nitrogens is 2. The maximum absolute atomic E-state index is 4.36. The van der Waals surface area contributed by atoms with E-state index >= 15 is 0 Å². The predicted octanol–water partition coefficient (Wildman–Crippen LogP) is 9.58. The van der Waals surface area contributed by atoms with Gasteiger partial charge in [0.25, 0.3) is 0 Å². The molecule has 40 heavy (non-hydrogen) atoms. The van der Waals surface area contributed by atoms with Gasteiger partial charge in [-0.25, -0.2) is 0 Å². The molecule has 6 aromatic rings. The Balaban J connectivity index is 1.39. The van der Waals surface area contributed by atoms with Crippen molar-refractivity contribution in [1.29, 1.82) is 0 Å². The van der Waals surface area contributed by atoms with Crippen molar-refractivity contribution in [1.82, 2.24) is 9.97 Å². The molecule has 0 fully saturated rings. The fourth-order valence-corrected chi connectivity index (χ4v) is 7.29. The van der Waals surface area contributed by atoms with E-state index in [0.29, 0.717) is 0 Å². The second-order valence-electron chi connectivity index (χ2n) is 12.3. The summed E-state index contributed by atoms with van der Waals surface area (Å²) >= 11 is 0. The van der Waals surface area contributed by atoms with Crippen LogP contribution in [0.4, 0.5) is 0 Å². The van der Waals surface area contributed by atoms with E-state index in [1.54, 1.807) is 0 Å². The molecule has 192 valence electrons. The second kappa shape index (κ2) is 7.99. The first-order valence-electron chi connectivity index (χ1n) is 14.1. The average molecular weight is 515 g/mol. The zero-order valence-electron chi connectivity index (χ0n) is 23.3. The summed E-state index contributed by atoms with van der Waals surface area (Å²) in [6.07, 6.45) is 7.58. The lowest BCUT2D eigenvalue weighted by molar-refractivity contribution is 0.633. The van der Waals surface area contributed by atoms with E-state index in [4.69, 9.17) is 0 Å². The highest BCUT2D eigenvalue weighted by Crippen LogP contribution is 2.56. The average Bonchev–Trinajstić information content (AvgIpc) is 2.99. The molecule has 0 atom stereocenters. The van der Waals surface area contributed by atoms with Gasteiger partial charge in [-0.15, -0.1) is 0 Å². The van der Waals surface area contributed by atoms with Crippen molar-refractivity contribution >= 4 is 10.8 Å². The lowest BCUT2D eigenvalue weighted by Crippen LogP contribution is -2.28. The molecule has 4 aromatic carbocycles. The zero-order valence-corrected chi connectivity index (χ0v) is 23.3. The third-order valence-electron chi connectivity index (χ3n) is 9.46. The molecule has 0 saturated carbocycles. The Kier molecular flexibility index (Phi) is 4.66. The van der Waals surface area contributed by atoms with Crippen LogP contribution in [-0.2, 0) is 10.8 Å². The first-order chi connectivity index (χ1) is 19.4. The number of rotatable bonds is 2. The Morgan fingerprint density at radius 1 is 0.425 bits per heavy atom. The number of hydrogen-bond donors (Lipinski definition) is 0. The van der Waals surface area contributed by atoms with Crippen LogP contribution in [0.2, 0.25) is 0 Å². The molecule has 2 aliphatic carbocycles. The van der Waals surface area contributed by atoms with Crippen LogP contribution in [0.15, 0.2) is 110 Å². The van der Waals surface area contributed by atoms with Gasteiger partial charge in [-0.1, -0.05) is 88.4 Å².